The fourth-order valence-corrected chi connectivity index (χ4v) is 8.89. The van der Waals surface area contributed by atoms with Gasteiger partial charge in [-0.3, -0.25) is 0 Å². The van der Waals surface area contributed by atoms with E-state index in [2.05, 4.69) is 215 Å². The van der Waals surface area contributed by atoms with Crippen molar-refractivity contribution < 1.29 is 74.7 Å². The van der Waals surface area contributed by atoms with E-state index in [4.69, 9.17) is 19.5 Å². The lowest BCUT2D eigenvalue weighted by Gasteiger charge is -2.20. The first kappa shape index (κ1) is 52.6. The van der Waals surface area contributed by atoms with E-state index < -0.39 is 0 Å². The van der Waals surface area contributed by atoms with Crippen LogP contribution in [0, 0.1) is 49.7 Å². The van der Waals surface area contributed by atoms with Crippen molar-refractivity contribution in [2.75, 3.05) is 13.7 Å². The van der Waals surface area contributed by atoms with Crippen LogP contribution >= 0.6 is 0 Å². The first-order valence-corrected chi connectivity index (χ1v) is 23.9. The van der Waals surface area contributed by atoms with Crippen LogP contribution in [-0.4, -0.2) is 19.0 Å². The Morgan fingerprint density at radius 2 is 1.04 bits per heavy atom. The molecule has 0 saturated heterocycles. The number of benzene rings is 8. The van der Waals surface area contributed by atoms with Crippen LogP contribution in [0.1, 0.15) is 69.4 Å². The summed E-state index contributed by atoms with van der Waals surface area (Å²) in [6.07, 6.45) is 14.6. The first-order chi connectivity index (χ1) is 36.4. The fraction of sp³-hybridized carbons (Fsp3) is 0.220. The molecule has 8 aromatic carbocycles. The van der Waals surface area contributed by atoms with Gasteiger partial charge in [-0.05, 0) is 164 Å². The average Bonchev–Trinajstić information content (AvgIpc) is 3.43. The van der Waals surface area contributed by atoms with Gasteiger partial charge in [0.15, 0.2) is 6.11 Å². The second kappa shape index (κ2) is 27.3. The van der Waals surface area contributed by atoms with Crippen molar-refractivity contribution in [3.8, 4) is 86.5 Å². The molecule has 8 aromatic rings. The monoisotopic (exact) mass is 1000 g/mol. The van der Waals surface area contributed by atoms with E-state index in [0.717, 1.165) is 83.6 Å². The molecular weight excluding hydrogens is 949 g/mol. The maximum atomic E-state index is 7.77. The maximum absolute atomic E-state index is 7.77. The lowest BCUT2D eigenvalue weighted by atomic mass is 9.83. The van der Waals surface area contributed by atoms with E-state index in [-0.39, 0.29) is 0 Å². The second-order valence-electron chi connectivity index (χ2n) is 17.1. The lowest BCUT2D eigenvalue weighted by Crippen LogP contribution is -2.02. The molecule has 0 aromatic heterocycles. The fourth-order valence-electron chi connectivity index (χ4n) is 8.89. The number of aryl methyl sites for hydroxylation is 2. The highest BCUT2D eigenvalue weighted by Gasteiger charge is 2.20. The molecule has 15 nitrogen and oxygen atoms in total. The Labute approximate surface area is 427 Å². The van der Waals surface area contributed by atoms with Crippen molar-refractivity contribution in [3.63, 3.8) is 0 Å². The number of hydrogen-bond donors (Lipinski definition) is 1. The molecular formula is C59H52O15. The predicted octanol–water partition coefficient (Wildman–Crippen LogP) is 14.6. The minimum atomic E-state index is 0.537. The Morgan fingerprint density at radius 1 is 0.459 bits per heavy atom. The van der Waals surface area contributed by atoms with E-state index in [1.54, 1.807) is 7.11 Å². The molecule has 0 bridgehead atoms. The summed E-state index contributed by atoms with van der Waals surface area (Å²) in [5.74, 6) is 12.0. The molecule has 0 fully saturated rings. The van der Waals surface area contributed by atoms with Crippen LogP contribution in [0.25, 0.3) is 76.5 Å². The van der Waals surface area contributed by atoms with Crippen LogP contribution in [0.5, 0.6) is 17.2 Å². The molecule has 1 N–H and O–H groups in total. The van der Waals surface area contributed by atoms with Crippen molar-refractivity contribution in [1.29, 1.82) is 0 Å². The summed E-state index contributed by atoms with van der Waals surface area (Å²) in [5, 5.41) is 53.0. The van der Waals surface area contributed by atoms with E-state index in [1.807, 2.05) is 24.3 Å². The van der Waals surface area contributed by atoms with Gasteiger partial charge in [0.2, 0.25) is 0 Å². The van der Waals surface area contributed by atoms with Crippen LogP contribution in [-0.2, 0) is 55.3 Å². The molecule has 0 unspecified atom stereocenters. The van der Waals surface area contributed by atoms with Gasteiger partial charge in [-0.25, -0.2) is 10.1 Å². The van der Waals surface area contributed by atoms with Crippen molar-refractivity contribution in [2.45, 2.75) is 72.1 Å². The Kier molecular flexibility index (Phi) is 19.4. The molecule has 0 aliphatic heterocycles. The standard InChI is InChI=1S/C59H52O15/c1-5-6-7-8-9-10-11-17-32-63-56-40-53(57(61-4)35-42(56)3)47-27-30-52-55(39-47)59(48-24-22-43-19-14-15-20-44(43)36-48)51-29-21-41(2)34-54(51)58(52)49-25-23-46-38-50(28-26-45(46)37-49)62-31-16-12-13-18-33-64-66-68-70-72-74-73-71-69-67-65-60/h14-15,19-30,34-40,60H,5-11,17,32H2,1-4H3. The Morgan fingerprint density at radius 3 is 1.76 bits per heavy atom. The number of hydrogen-bond acceptors (Lipinski definition) is 15. The van der Waals surface area contributed by atoms with Gasteiger partial charge < -0.3 is 14.2 Å². The second-order valence-corrected chi connectivity index (χ2v) is 17.1. The summed E-state index contributed by atoms with van der Waals surface area (Å²) in [6.45, 7) is 7.17. The van der Waals surface area contributed by atoms with Crippen LogP contribution in [0.2, 0.25) is 0 Å². The van der Waals surface area contributed by atoms with Gasteiger partial charge in [0, 0.05) is 54.4 Å². The number of rotatable bonds is 25. The average molecular weight is 1000 g/mol. The number of unbranched alkanes of at least 4 members (excludes halogenated alkanes) is 7. The molecule has 0 spiro atoms. The van der Waals surface area contributed by atoms with Gasteiger partial charge in [0.1, 0.15) is 23.4 Å². The summed E-state index contributed by atoms with van der Waals surface area (Å²) in [4.78, 5) is 4.30. The normalized spacial score (nSPS) is 10.9. The van der Waals surface area contributed by atoms with E-state index in [0.29, 0.717) is 12.4 Å². The van der Waals surface area contributed by atoms with Gasteiger partial charge in [0.05, 0.1) is 13.7 Å². The SMILES string of the molecule is CCCCCCCCCCOc1cc(-c2ccc3c(-c4ccc5cc(OC#CC#CC#COOOOOOOOOOOO)ccc5c4)c4cc(C)ccc4c(-c4ccc5ccccc5c4)c3c2)c(OC)cc1C. The molecule has 0 amide bonds. The summed E-state index contributed by atoms with van der Waals surface area (Å²) in [7, 11) is 1.73. The third-order valence-electron chi connectivity index (χ3n) is 12.3. The minimum Gasteiger partial charge on any atom is -0.496 e. The Bertz CT molecular complexity index is 3390. The van der Waals surface area contributed by atoms with E-state index in [9.17, 15) is 0 Å². The maximum Gasteiger partial charge on any atom is 0.174 e. The predicted molar refractivity (Wildman–Crippen MR) is 275 cm³/mol. The molecule has 0 radical (unpaired) electrons. The molecule has 0 heterocycles. The first-order valence-electron chi connectivity index (χ1n) is 23.9. The zero-order valence-corrected chi connectivity index (χ0v) is 41.2. The summed E-state index contributed by atoms with van der Waals surface area (Å²) in [6, 6.07) is 45.4. The van der Waals surface area contributed by atoms with E-state index >= 15 is 0 Å². The van der Waals surface area contributed by atoms with Gasteiger partial charge >= 0.3 is 0 Å². The molecule has 0 atom stereocenters. The number of fused-ring (bicyclic) bond motifs is 4. The smallest absolute Gasteiger partial charge is 0.174 e. The van der Waals surface area contributed by atoms with Gasteiger partial charge in [-0.2, -0.15) is 0 Å². The molecule has 0 saturated carbocycles. The number of methoxy groups -OCH3 is 1. The van der Waals surface area contributed by atoms with Gasteiger partial charge in [-0.15, -0.1) is 0 Å². The topological polar surface area (TPSA) is 149 Å². The van der Waals surface area contributed by atoms with Crippen molar-refractivity contribution in [3.05, 3.63) is 139 Å². The highest BCUT2D eigenvalue weighted by molar-refractivity contribution is 6.22. The lowest BCUT2D eigenvalue weighted by molar-refractivity contribution is -0.861. The van der Waals surface area contributed by atoms with Crippen molar-refractivity contribution in [2.24, 2.45) is 0 Å². The molecule has 0 aliphatic carbocycles. The molecule has 0 aliphatic rings. The van der Waals surface area contributed by atoms with E-state index in [1.165, 1.54) is 66.8 Å². The Balaban J connectivity index is 1.07. The molecule has 8 rings (SSSR count). The van der Waals surface area contributed by atoms with Crippen molar-refractivity contribution >= 4 is 43.1 Å². The zero-order valence-electron chi connectivity index (χ0n) is 41.2. The third-order valence-corrected chi connectivity index (χ3v) is 12.3. The minimum absolute atomic E-state index is 0.537. The van der Waals surface area contributed by atoms with Gasteiger partial charge in [-0.1, -0.05) is 142 Å². The number of ether oxygens (including phenoxy) is 3. The summed E-state index contributed by atoms with van der Waals surface area (Å²) in [5.41, 5.74) is 8.75. The molecule has 74 heavy (non-hydrogen) atoms. The summed E-state index contributed by atoms with van der Waals surface area (Å²) < 4.78 is 18.3. The highest BCUT2D eigenvalue weighted by Crippen LogP contribution is 2.47. The molecule has 15 heteroatoms. The Hall–Kier alpha value is -7.76. The third kappa shape index (κ3) is 13.8. The van der Waals surface area contributed by atoms with Gasteiger partial charge in [0.25, 0.3) is 0 Å². The molecule has 378 valence electrons. The zero-order chi connectivity index (χ0) is 51.3. The summed E-state index contributed by atoms with van der Waals surface area (Å²) >= 11 is 0. The van der Waals surface area contributed by atoms with Crippen LogP contribution < -0.4 is 14.2 Å². The van der Waals surface area contributed by atoms with Crippen LogP contribution in [0.4, 0.5) is 0 Å². The van der Waals surface area contributed by atoms with Crippen LogP contribution in [0.3, 0.4) is 0 Å². The highest BCUT2D eigenvalue weighted by atomic mass is 18.0. The van der Waals surface area contributed by atoms with Crippen molar-refractivity contribution in [1.82, 2.24) is 0 Å². The quantitative estimate of drug-likeness (QED) is 0.0190. The van der Waals surface area contributed by atoms with Crippen LogP contribution in [0.15, 0.2) is 127 Å². The largest absolute Gasteiger partial charge is 0.496 e.